The summed E-state index contributed by atoms with van der Waals surface area (Å²) < 4.78 is 15.8. The van der Waals surface area contributed by atoms with Crippen molar-refractivity contribution in [2.24, 2.45) is 0 Å². The topological polar surface area (TPSA) is 27.7 Å². The maximum atomic E-state index is 5.43. The third-order valence-corrected chi connectivity index (χ3v) is 2.44. The van der Waals surface area contributed by atoms with Crippen LogP contribution in [0.1, 0.15) is 6.92 Å². The highest BCUT2D eigenvalue weighted by molar-refractivity contribution is 5.98. The van der Waals surface area contributed by atoms with Crippen LogP contribution in [-0.2, 0) is 9.16 Å². The van der Waals surface area contributed by atoms with Crippen LogP contribution in [0.25, 0.3) is 0 Å². The minimum atomic E-state index is -0.110. The van der Waals surface area contributed by atoms with Gasteiger partial charge in [-0.05, 0) is 19.1 Å². The zero-order valence-electron chi connectivity index (χ0n) is 8.60. The Morgan fingerprint density at radius 2 is 1.93 bits per heavy atom. The third-order valence-electron chi connectivity index (χ3n) is 1.78. The fourth-order valence-corrected chi connectivity index (χ4v) is 1.09. The van der Waals surface area contributed by atoms with Crippen molar-refractivity contribution in [1.82, 2.24) is 0 Å². The summed E-state index contributed by atoms with van der Waals surface area (Å²) in [5.41, 5.74) is 0. The summed E-state index contributed by atoms with van der Waals surface area (Å²) in [6.07, 6.45) is -0.110. The average molecular weight is 212 g/mol. The van der Waals surface area contributed by atoms with Gasteiger partial charge in [0.05, 0.1) is 6.61 Å². The Morgan fingerprint density at radius 1 is 1.21 bits per heavy atom. The second kappa shape index (κ2) is 6.59. The molecule has 3 nitrogen and oxygen atoms in total. The predicted molar refractivity (Wildman–Crippen MR) is 58.4 cm³/mol. The molecule has 1 rings (SSSR count). The maximum Gasteiger partial charge on any atom is 0.149 e. The second-order valence-electron chi connectivity index (χ2n) is 2.84. The first-order valence-corrected chi connectivity index (χ1v) is 5.47. The summed E-state index contributed by atoms with van der Waals surface area (Å²) >= 11 is 0. The Bertz CT molecular complexity index is 240. The van der Waals surface area contributed by atoms with Crippen LogP contribution in [0, 0.1) is 0 Å². The van der Waals surface area contributed by atoms with Crippen LogP contribution in [0.4, 0.5) is 0 Å². The first-order chi connectivity index (χ1) is 6.83. The van der Waals surface area contributed by atoms with E-state index in [1.807, 2.05) is 37.3 Å². The monoisotopic (exact) mass is 212 g/mol. The van der Waals surface area contributed by atoms with Gasteiger partial charge in [-0.25, -0.2) is 0 Å². The number of benzene rings is 1. The van der Waals surface area contributed by atoms with E-state index in [2.05, 4.69) is 0 Å². The molecule has 0 N–H and O–H groups in total. The highest BCUT2D eigenvalue weighted by Gasteiger charge is 1.97. The predicted octanol–water partition coefficient (Wildman–Crippen LogP) is 0.725. The van der Waals surface area contributed by atoms with Crippen molar-refractivity contribution in [1.29, 1.82) is 0 Å². The van der Waals surface area contributed by atoms with Crippen molar-refractivity contribution in [2.45, 2.75) is 13.2 Å². The quantitative estimate of drug-likeness (QED) is 0.395. The van der Waals surface area contributed by atoms with Gasteiger partial charge < -0.3 is 13.9 Å². The molecule has 0 aliphatic carbocycles. The van der Waals surface area contributed by atoms with Crippen LogP contribution >= 0.6 is 0 Å². The molecule has 0 aliphatic rings. The lowest BCUT2D eigenvalue weighted by molar-refractivity contribution is -0.0704. The van der Waals surface area contributed by atoms with E-state index in [1.165, 1.54) is 0 Å². The lowest BCUT2D eigenvalue weighted by Crippen LogP contribution is -2.16. The van der Waals surface area contributed by atoms with Gasteiger partial charge in [0.25, 0.3) is 0 Å². The zero-order chi connectivity index (χ0) is 10.2. The van der Waals surface area contributed by atoms with Crippen molar-refractivity contribution in [3.8, 4) is 5.75 Å². The van der Waals surface area contributed by atoms with Gasteiger partial charge in [0.1, 0.15) is 29.1 Å². The van der Waals surface area contributed by atoms with Gasteiger partial charge in [-0.2, -0.15) is 0 Å². The van der Waals surface area contributed by atoms with Crippen molar-refractivity contribution in [3.63, 3.8) is 0 Å². The van der Waals surface area contributed by atoms with Crippen LogP contribution in [-0.4, -0.2) is 30.0 Å². The molecule has 1 aromatic rings. The number of para-hydroxylation sites is 1. The highest BCUT2D eigenvalue weighted by Crippen LogP contribution is 2.07. The SMILES string of the molecule is CC(O[SiH3])OCCOc1ccccc1. The molecular formula is C10H16O3Si. The molecule has 1 atom stereocenters. The molecule has 1 aromatic carbocycles. The molecule has 0 aliphatic heterocycles. The van der Waals surface area contributed by atoms with Crippen LogP contribution < -0.4 is 4.74 Å². The molecule has 14 heavy (non-hydrogen) atoms. The summed E-state index contributed by atoms with van der Waals surface area (Å²) in [5, 5.41) is 0. The molecule has 4 heteroatoms. The third kappa shape index (κ3) is 4.41. The summed E-state index contributed by atoms with van der Waals surface area (Å²) in [5.74, 6) is 0.871. The number of hydrogen-bond acceptors (Lipinski definition) is 3. The lowest BCUT2D eigenvalue weighted by atomic mass is 10.3. The van der Waals surface area contributed by atoms with Gasteiger partial charge in [-0.3, -0.25) is 0 Å². The van der Waals surface area contributed by atoms with Gasteiger partial charge in [0, 0.05) is 0 Å². The van der Waals surface area contributed by atoms with E-state index in [1.54, 1.807) is 0 Å². The van der Waals surface area contributed by atoms with Crippen molar-refractivity contribution >= 4 is 10.5 Å². The molecule has 1 unspecified atom stereocenters. The Kier molecular flexibility index (Phi) is 5.29. The minimum absolute atomic E-state index is 0.110. The fourth-order valence-electron chi connectivity index (χ4n) is 0.958. The fraction of sp³-hybridized carbons (Fsp3) is 0.400. The van der Waals surface area contributed by atoms with Gasteiger partial charge >= 0.3 is 0 Å². The molecule has 0 spiro atoms. The Labute approximate surface area is 87.5 Å². The van der Waals surface area contributed by atoms with Gasteiger partial charge in [0.2, 0.25) is 0 Å². The van der Waals surface area contributed by atoms with Gasteiger partial charge in [-0.1, -0.05) is 18.2 Å². The van der Waals surface area contributed by atoms with Crippen molar-refractivity contribution in [3.05, 3.63) is 30.3 Å². The molecule has 0 fully saturated rings. The van der Waals surface area contributed by atoms with Crippen LogP contribution in [0.3, 0.4) is 0 Å². The van der Waals surface area contributed by atoms with E-state index in [0.29, 0.717) is 23.7 Å². The number of hydrogen-bond donors (Lipinski definition) is 0. The normalized spacial score (nSPS) is 12.6. The van der Waals surface area contributed by atoms with Gasteiger partial charge in [0.15, 0.2) is 0 Å². The molecular weight excluding hydrogens is 196 g/mol. The van der Waals surface area contributed by atoms with E-state index in [0.717, 1.165) is 5.75 Å². The summed E-state index contributed by atoms with van der Waals surface area (Å²) in [6, 6.07) is 9.69. The van der Waals surface area contributed by atoms with E-state index in [9.17, 15) is 0 Å². The zero-order valence-corrected chi connectivity index (χ0v) is 10.6. The molecule has 0 radical (unpaired) electrons. The van der Waals surface area contributed by atoms with Crippen molar-refractivity contribution < 1.29 is 13.9 Å². The smallest absolute Gasteiger partial charge is 0.149 e. The van der Waals surface area contributed by atoms with Crippen LogP contribution in [0.5, 0.6) is 5.75 Å². The van der Waals surface area contributed by atoms with Crippen molar-refractivity contribution in [2.75, 3.05) is 13.2 Å². The molecule has 0 saturated carbocycles. The molecule has 78 valence electrons. The van der Waals surface area contributed by atoms with E-state index >= 15 is 0 Å². The van der Waals surface area contributed by atoms with E-state index < -0.39 is 0 Å². The number of ether oxygens (including phenoxy) is 2. The Balaban J connectivity index is 2.10. The highest BCUT2D eigenvalue weighted by atomic mass is 28.2. The lowest BCUT2D eigenvalue weighted by Gasteiger charge is -2.11. The summed E-state index contributed by atoms with van der Waals surface area (Å²) in [7, 11) is 0.701. The maximum absolute atomic E-state index is 5.43. The average Bonchev–Trinajstić information content (AvgIpc) is 2.25. The molecule has 0 amide bonds. The van der Waals surface area contributed by atoms with E-state index in [-0.39, 0.29) is 6.29 Å². The minimum Gasteiger partial charge on any atom is -0.491 e. The first-order valence-electron chi connectivity index (χ1n) is 4.65. The first kappa shape index (κ1) is 11.2. The summed E-state index contributed by atoms with van der Waals surface area (Å²) in [4.78, 5) is 0. The van der Waals surface area contributed by atoms with Crippen LogP contribution in [0.2, 0.25) is 0 Å². The Morgan fingerprint density at radius 3 is 2.57 bits per heavy atom. The molecule has 0 heterocycles. The van der Waals surface area contributed by atoms with E-state index in [4.69, 9.17) is 13.9 Å². The standard InChI is InChI=1S/C10H16O3Si/c1-9(13-14)11-7-8-12-10-5-3-2-4-6-10/h2-6,9H,7-8H2,1,14H3. The van der Waals surface area contributed by atoms with Crippen LogP contribution in [0.15, 0.2) is 30.3 Å². The molecule has 0 aromatic heterocycles. The van der Waals surface area contributed by atoms with Gasteiger partial charge in [-0.15, -0.1) is 0 Å². The number of rotatable bonds is 6. The summed E-state index contributed by atoms with van der Waals surface area (Å²) in [6.45, 7) is 2.99. The Hall–Kier alpha value is -0.843. The second-order valence-corrected chi connectivity index (χ2v) is 3.31. The molecule has 0 saturated heterocycles. The molecule has 0 bridgehead atoms. The largest absolute Gasteiger partial charge is 0.491 e.